The predicted octanol–water partition coefficient (Wildman–Crippen LogP) is 2.07. The van der Waals surface area contributed by atoms with Gasteiger partial charge in [0.25, 0.3) is 0 Å². The molecule has 2 heterocycles. The molecule has 0 saturated carbocycles. The molecule has 1 amide bonds. The SMILES string of the molecule is CC(C)(C)OC(=O)NCc1cc(=O)c2cc(-c3cn(CCO)nn3)ccc2o1. The molecular formula is C19H22N4O5. The Kier molecular flexibility index (Phi) is 5.46. The zero-order valence-corrected chi connectivity index (χ0v) is 15.9. The average molecular weight is 386 g/mol. The third-order valence-electron chi connectivity index (χ3n) is 3.75. The number of nitrogens with zero attached hydrogens (tertiary/aromatic N) is 3. The topological polar surface area (TPSA) is 119 Å². The van der Waals surface area contributed by atoms with Crippen LogP contribution in [-0.2, 0) is 17.8 Å². The molecule has 2 N–H and O–H groups in total. The molecule has 0 atom stereocenters. The van der Waals surface area contributed by atoms with Gasteiger partial charge in [-0.3, -0.25) is 4.79 Å². The highest BCUT2D eigenvalue weighted by molar-refractivity contribution is 5.82. The molecule has 3 rings (SSSR count). The fourth-order valence-corrected chi connectivity index (χ4v) is 2.57. The molecule has 0 aliphatic heterocycles. The maximum absolute atomic E-state index is 12.5. The minimum absolute atomic E-state index is 0.0375. The van der Waals surface area contributed by atoms with Crippen molar-refractivity contribution in [2.24, 2.45) is 0 Å². The Morgan fingerprint density at radius 3 is 2.82 bits per heavy atom. The molecule has 2 aromatic heterocycles. The molecule has 0 unspecified atom stereocenters. The summed E-state index contributed by atoms with van der Waals surface area (Å²) >= 11 is 0. The van der Waals surface area contributed by atoms with Crippen LogP contribution in [-0.4, -0.2) is 38.4 Å². The van der Waals surface area contributed by atoms with Crippen LogP contribution in [0.15, 0.2) is 39.7 Å². The van der Waals surface area contributed by atoms with E-state index in [1.54, 1.807) is 45.2 Å². The summed E-state index contributed by atoms with van der Waals surface area (Å²) in [7, 11) is 0. The van der Waals surface area contributed by atoms with E-state index < -0.39 is 11.7 Å². The second-order valence-electron chi connectivity index (χ2n) is 7.23. The van der Waals surface area contributed by atoms with Gasteiger partial charge in [-0.1, -0.05) is 5.21 Å². The average Bonchev–Trinajstić information content (AvgIpc) is 3.07. The van der Waals surface area contributed by atoms with E-state index in [9.17, 15) is 9.59 Å². The molecule has 1 aromatic carbocycles. The van der Waals surface area contributed by atoms with Gasteiger partial charge in [-0.15, -0.1) is 5.10 Å². The maximum Gasteiger partial charge on any atom is 0.408 e. The zero-order chi connectivity index (χ0) is 20.3. The van der Waals surface area contributed by atoms with E-state index in [-0.39, 0.29) is 18.6 Å². The van der Waals surface area contributed by atoms with E-state index in [0.29, 0.717) is 34.5 Å². The van der Waals surface area contributed by atoms with Crippen LogP contribution in [0, 0.1) is 0 Å². The largest absolute Gasteiger partial charge is 0.459 e. The number of fused-ring (bicyclic) bond motifs is 1. The number of nitrogens with one attached hydrogen (secondary N) is 1. The summed E-state index contributed by atoms with van der Waals surface area (Å²) in [6.45, 7) is 5.65. The van der Waals surface area contributed by atoms with Crippen LogP contribution in [0.25, 0.3) is 22.2 Å². The Hall–Kier alpha value is -3.20. The van der Waals surface area contributed by atoms with E-state index in [1.807, 2.05) is 0 Å². The van der Waals surface area contributed by atoms with E-state index in [4.69, 9.17) is 14.3 Å². The number of hydrogen-bond acceptors (Lipinski definition) is 7. The van der Waals surface area contributed by atoms with Crippen LogP contribution in [0.2, 0.25) is 0 Å². The molecular weight excluding hydrogens is 364 g/mol. The van der Waals surface area contributed by atoms with Gasteiger partial charge in [-0.2, -0.15) is 0 Å². The highest BCUT2D eigenvalue weighted by Gasteiger charge is 2.16. The van der Waals surface area contributed by atoms with Crippen molar-refractivity contribution in [3.8, 4) is 11.3 Å². The van der Waals surface area contributed by atoms with Crippen molar-refractivity contribution in [3.05, 3.63) is 46.4 Å². The molecule has 0 radical (unpaired) electrons. The number of hydrogen-bond donors (Lipinski definition) is 2. The van der Waals surface area contributed by atoms with Crippen molar-refractivity contribution in [3.63, 3.8) is 0 Å². The summed E-state index contributed by atoms with van der Waals surface area (Å²) < 4.78 is 12.4. The number of ether oxygens (including phenoxy) is 1. The van der Waals surface area contributed by atoms with Gasteiger partial charge in [-0.05, 0) is 39.0 Å². The lowest BCUT2D eigenvalue weighted by molar-refractivity contribution is 0.0520. The lowest BCUT2D eigenvalue weighted by Crippen LogP contribution is -2.32. The molecule has 0 bridgehead atoms. The van der Waals surface area contributed by atoms with Gasteiger partial charge in [0.15, 0.2) is 5.43 Å². The Bertz CT molecular complexity index is 1050. The van der Waals surface area contributed by atoms with Gasteiger partial charge < -0.3 is 19.6 Å². The number of carbonyl (C=O) groups is 1. The first-order chi connectivity index (χ1) is 13.2. The normalized spacial score (nSPS) is 11.6. The van der Waals surface area contributed by atoms with E-state index in [2.05, 4.69) is 15.6 Å². The van der Waals surface area contributed by atoms with Gasteiger partial charge in [0.2, 0.25) is 0 Å². The Labute approximate surface area is 160 Å². The first kappa shape index (κ1) is 19.6. The molecule has 28 heavy (non-hydrogen) atoms. The highest BCUT2D eigenvalue weighted by atomic mass is 16.6. The second kappa shape index (κ2) is 7.81. The number of aliphatic hydroxyl groups excluding tert-OH is 1. The van der Waals surface area contributed by atoms with Crippen molar-refractivity contribution in [2.45, 2.75) is 39.5 Å². The Balaban J connectivity index is 1.80. The summed E-state index contributed by atoms with van der Waals surface area (Å²) in [5, 5.41) is 19.9. The van der Waals surface area contributed by atoms with Crippen molar-refractivity contribution in [1.82, 2.24) is 20.3 Å². The van der Waals surface area contributed by atoms with Crippen molar-refractivity contribution < 1.29 is 19.1 Å². The van der Waals surface area contributed by atoms with Crippen LogP contribution < -0.4 is 10.7 Å². The number of alkyl carbamates (subject to hydrolysis) is 1. The number of amides is 1. The van der Waals surface area contributed by atoms with Crippen LogP contribution in [0.5, 0.6) is 0 Å². The van der Waals surface area contributed by atoms with Gasteiger partial charge in [-0.25, -0.2) is 9.48 Å². The smallest absolute Gasteiger partial charge is 0.408 e. The van der Waals surface area contributed by atoms with Crippen LogP contribution in [0.1, 0.15) is 26.5 Å². The van der Waals surface area contributed by atoms with Gasteiger partial charge in [0.1, 0.15) is 22.6 Å². The second-order valence-corrected chi connectivity index (χ2v) is 7.23. The van der Waals surface area contributed by atoms with Gasteiger partial charge in [0, 0.05) is 11.6 Å². The predicted molar refractivity (Wildman–Crippen MR) is 102 cm³/mol. The molecule has 0 aliphatic carbocycles. The van der Waals surface area contributed by atoms with Crippen LogP contribution >= 0.6 is 0 Å². The summed E-state index contributed by atoms with van der Waals surface area (Å²) in [6.07, 6.45) is 1.11. The molecule has 9 heteroatoms. The minimum atomic E-state index is -0.607. The number of rotatable bonds is 5. The number of aliphatic hydroxyl groups is 1. The minimum Gasteiger partial charge on any atom is -0.459 e. The molecule has 0 saturated heterocycles. The summed E-state index contributed by atoms with van der Waals surface area (Å²) in [5.41, 5.74) is 0.866. The maximum atomic E-state index is 12.5. The van der Waals surface area contributed by atoms with Gasteiger partial charge >= 0.3 is 6.09 Å². The summed E-state index contributed by atoms with van der Waals surface area (Å²) in [6, 6.07) is 6.46. The van der Waals surface area contributed by atoms with Crippen LogP contribution in [0.3, 0.4) is 0 Å². The molecule has 0 spiro atoms. The fraction of sp³-hybridized carbons (Fsp3) is 0.368. The molecule has 0 aliphatic rings. The first-order valence-corrected chi connectivity index (χ1v) is 8.80. The molecule has 9 nitrogen and oxygen atoms in total. The molecule has 0 fully saturated rings. The van der Waals surface area contributed by atoms with Crippen LogP contribution in [0.4, 0.5) is 4.79 Å². The van der Waals surface area contributed by atoms with E-state index in [1.165, 1.54) is 10.7 Å². The quantitative estimate of drug-likeness (QED) is 0.689. The standard InChI is InChI=1S/C19H22N4O5/c1-19(2,3)28-18(26)20-10-13-9-16(25)14-8-12(4-5-17(14)27-13)15-11-23(6-7-24)22-21-15/h4-5,8-9,11,24H,6-7,10H2,1-3H3,(H,20,26). The number of carbonyl (C=O) groups excluding carboxylic acids is 1. The zero-order valence-electron chi connectivity index (χ0n) is 15.9. The third-order valence-corrected chi connectivity index (χ3v) is 3.75. The highest BCUT2D eigenvalue weighted by Crippen LogP contribution is 2.21. The van der Waals surface area contributed by atoms with E-state index in [0.717, 1.165) is 0 Å². The number of benzene rings is 1. The Morgan fingerprint density at radius 1 is 1.32 bits per heavy atom. The lowest BCUT2D eigenvalue weighted by atomic mass is 10.1. The fourth-order valence-electron chi connectivity index (χ4n) is 2.57. The van der Waals surface area contributed by atoms with Crippen molar-refractivity contribution in [2.75, 3.05) is 6.61 Å². The van der Waals surface area contributed by atoms with Crippen molar-refractivity contribution >= 4 is 17.1 Å². The summed E-state index contributed by atoms with van der Waals surface area (Å²) in [4.78, 5) is 24.2. The lowest BCUT2D eigenvalue weighted by Gasteiger charge is -2.19. The molecule has 3 aromatic rings. The monoisotopic (exact) mass is 386 g/mol. The third kappa shape index (κ3) is 4.74. The van der Waals surface area contributed by atoms with Gasteiger partial charge in [0.05, 0.1) is 31.3 Å². The Morgan fingerprint density at radius 2 is 2.11 bits per heavy atom. The van der Waals surface area contributed by atoms with Crippen molar-refractivity contribution in [1.29, 1.82) is 0 Å². The number of aromatic nitrogens is 3. The van der Waals surface area contributed by atoms with E-state index >= 15 is 0 Å². The summed E-state index contributed by atoms with van der Waals surface area (Å²) in [5.74, 6) is 0.324. The molecule has 148 valence electrons. The first-order valence-electron chi connectivity index (χ1n) is 8.80.